The monoisotopic (exact) mass is 236 g/mol. The molecule has 3 N–H and O–H groups in total. The van der Waals surface area contributed by atoms with Crippen LogP contribution in [0.1, 0.15) is 10.4 Å². The van der Waals surface area contributed by atoms with Gasteiger partial charge >= 0.3 is 13.8 Å². The fourth-order valence-corrected chi connectivity index (χ4v) is 1.29. The highest BCUT2D eigenvalue weighted by Gasteiger charge is 2.21. The van der Waals surface area contributed by atoms with Gasteiger partial charge in [-0.15, -0.1) is 0 Å². The van der Waals surface area contributed by atoms with Crippen LogP contribution in [-0.2, 0) is 4.57 Å². The van der Waals surface area contributed by atoms with Crippen LogP contribution in [0.25, 0.3) is 0 Å². The van der Waals surface area contributed by atoms with E-state index in [9.17, 15) is 13.8 Å². The van der Waals surface area contributed by atoms with Crippen LogP contribution in [0.3, 0.4) is 0 Å². The topological polar surface area (TPSA) is 104 Å². The van der Waals surface area contributed by atoms with E-state index in [4.69, 9.17) is 14.9 Å². The second kappa shape index (κ2) is 3.98. The minimum Gasteiger partial charge on any atom is -0.478 e. The minimum atomic E-state index is -4.86. The Hall–Kier alpha value is -1.43. The van der Waals surface area contributed by atoms with Gasteiger partial charge in [0.25, 0.3) is 0 Å². The zero-order valence-electron chi connectivity index (χ0n) is 7.12. The lowest BCUT2D eigenvalue weighted by Crippen LogP contribution is -2.02. The van der Waals surface area contributed by atoms with Gasteiger partial charge in [0.15, 0.2) is 0 Å². The Morgan fingerprint density at radius 1 is 1.40 bits per heavy atom. The van der Waals surface area contributed by atoms with Crippen LogP contribution in [-0.4, -0.2) is 20.9 Å². The summed E-state index contributed by atoms with van der Waals surface area (Å²) in [6.07, 6.45) is 0. The fourth-order valence-electron chi connectivity index (χ4n) is 0.877. The summed E-state index contributed by atoms with van der Waals surface area (Å²) in [6.45, 7) is 0. The number of phosphoric acid groups is 1. The number of hydrogen-bond acceptors (Lipinski definition) is 3. The van der Waals surface area contributed by atoms with Crippen molar-refractivity contribution in [2.45, 2.75) is 0 Å². The zero-order chi connectivity index (χ0) is 11.6. The molecule has 0 aliphatic heterocycles. The van der Waals surface area contributed by atoms with Crippen LogP contribution in [0, 0.1) is 5.82 Å². The lowest BCUT2D eigenvalue weighted by molar-refractivity contribution is 0.0694. The first kappa shape index (κ1) is 11.6. The quantitative estimate of drug-likeness (QED) is 0.676. The normalized spacial score (nSPS) is 11.1. The van der Waals surface area contributed by atoms with Gasteiger partial charge in [0.05, 0.1) is 0 Å². The molecule has 0 spiro atoms. The molecule has 0 atom stereocenters. The smallest absolute Gasteiger partial charge is 0.478 e. The van der Waals surface area contributed by atoms with E-state index in [1.807, 2.05) is 0 Å². The van der Waals surface area contributed by atoms with Gasteiger partial charge in [0.2, 0.25) is 0 Å². The summed E-state index contributed by atoms with van der Waals surface area (Å²) in [5.74, 6) is -2.97. The molecule has 0 amide bonds. The van der Waals surface area contributed by atoms with Crippen molar-refractivity contribution in [3.63, 3.8) is 0 Å². The molecule has 0 heterocycles. The molecule has 15 heavy (non-hydrogen) atoms. The molecular formula is C7H6FO6P. The Kier molecular flexibility index (Phi) is 3.09. The lowest BCUT2D eigenvalue weighted by atomic mass is 10.2. The summed E-state index contributed by atoms with van der Waals surface area (Å²) in [5, 5.41) is 8.59. The molecule has 0 fully saturated rings. The molecule has 0 saturated carbocycles. The SMILES string of the molecule is O=C(O)c1cc(F)ccc1OP(=O)(O)O. The maximum Gasteiger partial charge on any atom is 0.524 e. The molecule has 0 bridgehead atoms. The van der Waals surface area contributed by atoms with Crippen LogP contribution < -0.4 is 4.52 Å². The molecule has 82 valence electrons. The van der Waals surface area contributed by atoms with E-state index in [0.29, 0.717) is 6.07 Å². The van der Waals surface area contributed by atoms with E-state index in [1.165, 1.54) is 0 Å². The Morgan fingerprint density at radius 2 is 2.00 bits per heavy atom. The number of carboxylic acid groups (broad SMARTS) is 1. The first-order valence-corrected chi connectivity index (χ1v) is 5.10. The number of hydrogen-bond donors (Lipinski definition) is 3. The second-order valence-electron chi connectivity index (χ2n) is 2.53. The van der Waals surface area contributed by atoms with Crippen molar-refractivity contribution in [3.05, 3.63) is 29.6 Å². The van der Waals surface area contributed by atoms with Crippen molar-refractivity contribution in [1.82, 2.24) is 0 Å². The highest BCUT2D eigenvalue weighted by Crippen LogP contribution is 2.39. The average molecular weight is 236 g/mol. The number of phosphoric ester groups is 1. The number of carbonyl (C=O) groups is 1. The van der Waals surface area contributed by atoms with Crippen molar-refractivity contribution in [2.75, 3.05) is 0 Å². The standard InChI is InChI=1S/C7H6FO6P/c8-4-1-2-6(14-15(11,12)13)5(3-4)7(9)10/h1-3H,(H,9,10)(H2,11,12,13). The second-order valence-corrected chi connectivity index (χ2v) is 3.69. The molecule has 6 nitrogen and oxygen atoms in total. The van der Waals surface area contributed by atoms with Crippen molar-refractivity contribution in [3.8, 4) is 5.75 Å². The average Bonchev–Trinajstić information content (AvgIpc) is 2.05. The molecule has 0 aromatic heterocycles. The highest BCUT2D eigenvalue weighted by molar-refractivity contribution is 7.46. The third kappa shape index (κ3) is 3.32. The summed E-state index contributed by atoms with van der Waals surface area (Å²) >= 11 is 0. The summed E-state index contributed by atoms with van der Waals surface area (Å²) in [5.41, 5.74) is -0.654. The van der Waals surface area contributed by atoms with Gasteiger partial charge in [-0.2, -0.15) is 0 Å². The molecule has 0 unspecified atom stereocenters. The van der Waals surface area contributed by atoms with E-state index in [0.717, 1.165) is 12.1 Å². The van der Waals surface area contributed by atoms with Crippen molar-refractivity contribution in [1.29, 1.82) is 0 Å². The van der Waals surface area contributed by atoms with E-state index in [2.05, 4.69) is 4.52 Å². The van der Waals surface area contributed by atoms with Crippen LogP contribution in [0.2, 0.25) is 0 Å². The van der Waals surface area contributed by atoms with Gasteiger partial charge in [-0.25, -0.2) is 13.8 Å². The first-order chi connectivity index (χ1) is 6.79. The third-order valence-electron chi connectivity index (χ3n) is 1.39. The van der Waals surface area contributed by atoms with Crippen LogP contribution in [0.5, 0.6) is 5.75 Å². The first-order valence-electron chi connectivity index (χ1n) is 3.57. The van der Waals surface area contributed by atoms with Gasteiger partial charge in [-0.05, 0) is 18.2 Å². The Bertz CT molecular complexity index is 439. The number of aromatic carboxylic acids is 1. The maximum absolute atomic E-state index is 12.6. The molecular weight excluding hydrogens is 230 g/mol. The highest BCUT2D eigenvalue weighted by atomic mass is 31.2. The molecule has 8 heteroatoms. The third-order valence-corrected chi connectivity index (χ3v) is 1.82. The van der Waals surface area contributed by atoms with Gasteiger partial charge < -0.3 is 9.63 Å². The summed E-state index contributed by atoms with van der Waals surface area (Å²) in [6, 6.07) is 2.27. The molecule has 0 radical (unpaired) electrons. The molecule has 0 aliphatic carbocycles. The van der Waals surface area contributed by atoms with Gasteiger partial charge in [0, 0.05) is 0 Å². The van der Waals surface area contributed by atoms with E-state index in [1.54, 1.807) is 0 Å². The molecule has 0 aliphatic rings. The number of benzene rings is 1. The van der Waals surface area contributed by atoms with E-state index in [-0.39, 0.29) is 0 Å². The predicted octanol–water partition coefficient (Wildman–Crippen LogP) is 0.995. The molecule has 1 aromatic carbocycles. The van der Waals surface area contributed by atoms with Gasteiger partial charge in [0.1, 0.15) is 17.1 Å². The van der Waals surface area contributed by atoms with Crippen LogP contribution in [0.15, 0.2) is 18.2 Å². The Labute approximate surface area is 83.2 Å². The zero-order valence-corrected chi connectivity index (χ0v) is 8.02. The predicted molar refractivity (Wildman–Crippen MR) is 46.0 cm³/mol. The fraction of sp³-hybridized carbons (Fsp3) is 0. The van der Waals surface area contributed by atoms with Crippen molar-refractivity contribution < 1.29 is 33.2 Å². The number of halogens is 1. The Morgan fingerprint density at radius 3 is 2.47 bits per heavy atom. The van der Waals surface area contributed by atoms with Gasteiger partial charge in [-0.3, -0.25) is 9.79 Å². The summed E-state index contributed by atoms with van der Waals surface area (Å²) in [7, 11) is -4.86. The lowest BCUT2D eigenvalue weighted by Gasteiger charge is -2.08. The van der Waals surface area contributed by atoms with Crippen LogP contribution in [0.4, 0.5) is 4.39 Å². The molecule has 1 aromatic rings. The summed E-state index contributed by atoms with van der Waals surface area (Å²) < 4.78 is 27.1. The van der Waals surface area contributed by atoms with E-state index >= 15 is 0 Å². The van der Waals surface area contributed by atoms with E-state index < -0.39 is 30.9 Å². The number of carboxylic acids is 1. The minimum absolute atomic E-state index is 0.586. The van der Waals surface area contributed by atoms with Gasteiger partial charge in [-0.1, -0.05) is 0 Å². The largest absolute Gasteiger partial charge is 0.524 e. The molecule has 0 saturated heterocycles. The Balaban J connectivity index is 3.18. The van der Waals surface area contributed by atoms with Crippen LogP contribution >= 0.6 is 7.82 Å². The molecule has 1 rings (SSSR count). The summed E-state index contributed by atoms with van der Waals surface area (Å²) in [4.78, 5) is 27.5. The maximum atomic E-state index is 12.6. The van der Waals surface area contributed by atoms with Crippen molar-refractivity contribution in [2.24, 2.45) is 0 Å². The van der Waals surface area contributed by atoms with Crippen molar-refractivity contribution >= 4 is 13.8 Å². The number of rotatable bonds is 3.